The molecule has 1 aliphatic carbocycles. The molecule has 0 spiro atoms. The maximum Gasteiger partial charge on any atom is 0.00979 e. The minimum absolute atomic E-state index is 0.261. The van der Waals surface area contributed by atoms with Crippen LogP contribution in [-0.4, -0.2) is 35.6 Å². The van der Waals surface area contributed by atoms with Crippen molar-refractivity contribution in [2.24, 2.45) is 0 Å². The van der Waals surface area contributed by atoms with E-state index in [4.69, 9.17) is 0 Å². The molecule has 1 aliphatic rings. The Kier molecular flexibility index (Phi) is 7.38. The summed E-state index contributed by atoms with van der Waals surface area (Å²) in [6, 6.07) is 1.61. The first-order valence-electron chi connectivity index (χ1n) is 8.45. The molecule has 0 radical (unpaired) electrons. The molecule has 0 heterocycles. The van der Waals surface area contributed by atoms with Gasteiger partial charge in [-0.1, -0.05) is 26.2 Å². The molecule has 0 saturated heterocycles. The fraction of sp³-hybridized carbons (Fsp3) is 1.00. The van der Waals surface area contributed by atoms with Crippen LogP contribution < -0.4 is 5.32 Å². The zero-order chi connectivity index (χ0) is 14.3. The summed E-state index contributed by atoms with van der Waals surface area (Å²) in [5, 5.41) is 3.60. The molecule has 1 unspecified atom stereocenters. The average molecular weight is 268 g/mol. The summed E-state index contributed by atoms with van der Waals surface area (Å²) in [6.45, 7) is 13.9. The van der Waals surface area contributed by atoms with E-state index < -0.39 is 0 Å². The highest BCUT2D eigenvalue weighted by Crippen LogP contribution is 2.25. The van der Waals surface area contributed by atoms with Crippen molar-refractivity contribution < 1.29 is 0 Å². The van der Waals surface area contributed by atoms with Gasteiger partial charge in [0.05, 0.1) is 0 Å². The Hall–Kier alpha value is -0.0800. The molecule has 1 saturated carbocycles. The van der Waals surface area contributed by atoms with Crippen molar-refractivity contribution in [2.75, 3.05) is 13.1 Å². The largest absolute Gasteiger partial charge is 0.312 e. The Morgan fingerprint density at radius 2 is 1.79 bits per heavy atom. The van der Waals surface area contributed by atoms with E-state index in [-0.39, 0.29) is 5.54 Å². The van der Waals surface area contributed by atoms with Crippen LogP contribution in [0, 0.1) is 0 Å². The Labute approximate surface area is 121 Å². The van der Waals surface area contributed by atoms with E-state index in [1.165, 1.54) is 51.5 Å². The summed E-state index contributed by atoms with van der Waals surface area (Å²) in [7, 11) is 0. The lowest BCUT2D eigenvalue weighted by molar-refractivity contribution is 0.112. The number of nitrogens with one attached hydrogen (secondary N) is 1. The molecule has 19 heavy (non-hydrogen) atoms. The van der Waals surface area contributed by atoms with Crippen molar-refractivity contribution >= 4 is 0 Å². The summed E-state index contributed by atoms with van der Waals surface area (Å²) in [4.78, 5) is 2.76. The summed E-state index contributed by atoms with van der Waals surface area (Å²) in [6.07, 6.45) is 9.82. The van der Waals surface area contributed by atoms with Crippen LogP contribution in [0.5, 0.6) is 0 Å². The normalized spacial score (nSPS) is 19.9. The molecule has 1 rings (SSSR count). The van der Waals surface area contributed by atoms with Crippen molar-refractivity contribution in [1.82, 2.24) is 10.2 Å². The predicted molar refractivity (Wildman–Crippen MR) is 85.7 cm³/mol. The smallest absolute Gasteiger partial charge is 0.00979 e. The van der Waals surface area contributed by atoms with E-state index in [2.05, 4.69) is 44.8 Å². The Balaban J connectivity index is 2.27. The van der Waals surface area contributed by atoms with E-state index in [0.29, 0.717) is 0 Å². The molecule has 0 aromatic carbocycles. The second-order valence-corrected chi connectivity index (χ2v) is 7.29. The van der Waals surface area contributed by atoms with Gasteiger partial charge in [0, 0.05) is 17.6 Å². The van der Waals surface area contributed by atoms with Gasteiger partial charge in [-0.05, 0) is 66.5 Å². The highest BCUT2D eigenvalue weighted by molar-refractivity contribution is 4.79. The fourth-order valence-corrected chi connectivity index (χ4v) is 3.37. The molecule has 0 aromatic rings. The highest BCUT2D eigenvalue weighted by Gasteiger charge is 2.23. The third-order valence-corrected chi connectivity index (χ3v) is 4.43. The molecule has 1 atom stereocenters. The molecule has 114 valence electrons. The fourth-order valence-electron chi connectivity index (χ4n) is 3.37. The third-order valence-electron chi connectivity index (χ3n) is 4.43. The summed E-state index contributed by atoms with van der Waals surface area (Å²) in [5.41, 5.74) is 0.261. The molecular formula is C17H36N2. The lowest BCUT2D eigenvalue weighted by atomic mass is 9.92. The molecule has 0 aromatic heterocycles. The number of rotatable bonds is 7. The van der Waals surface area contributed by atoms with Gasteiger partial charge >= 0.3 is 0 Å². The molecule has 0 amide bonds. The highest BCUT2D eigenvalue weighted by atomic mass is 15.2. The average Bonchev–Trinajstić information content (AvgIpc) is 2.36. The van der Waals surface area contributed by atoms with Crippen LogP contribution in [0.1, 0.15) is 79.6 Å². The van der Waals surface area contributed by atoms with Crippen LogP contribution in [0.4, 0.5) is 0 Å². The predicted octanol–water partition coefficient (Wildman–Crippen LogP) is 4.20. The van der Waals surface area contributed by atoms with Gasteiger partial charge in [-0.15, -0.1) is 0 Å². The lowest BCUT2D eigenvalue weighted by Crippen LogP contribution is -2.43. The van der Waals surface area contributed by atoms with Crippen molar-refractivity contribution in [3.63, 3.8) is 0 Å². The van der Waals surface area contributed by atoms with Gasteiger partial charge in [0.1, 0.15) is 0 Å². The van der Waals surface area contributed by atoms with E-state index in [1.807, 2.05) is 0 Å². The molecule has 2 nitrogen and oxygen atoms in total. The van der Waals surface area contributed by atoms with E-state index in [0.717, 1.165) is 18.6 Å². The maximum absolute atomic E-state index is 3.60. The second kappa shape index (κ2) is 8.26. The minimum atomic E-state index is 0.261. The monoisotopic (exact) mass is 268 g/mol. The Morgan fingerprint density at radius 3 is 2.32 bits per heavy atom. The minimum Gasteiger partial charge on any atom is -0.312 e. The standard InChI is InChI=1S/C17H36N2/c1-6-19(16-12-8-7-9-13-16)15(2)11-10-14-18-17(3,4)5/h15-16,18H,6-14H2,1-5H3. The first kappa shape index (κ1) is 17.0. The molecule has 0 aliphatic heterocycles. The van der Waals surface area contributed by atoms with Gasteiger partial charge in [0.15, 0.2) is 0 Å². The SMILES string of the molecule is CCN(C(C)CCCNC(C)(C)C)C1CCCCC1. The number of hydrogen-bond acceptors (Lipinski definition) is 2. The molecule has 2 heteroatoms. The van der Waals surface area contributed by atoms with E-state index >= 15 is 0 Å². The zero-order valence-electron chi connectivity index (χ0n) is 14.0. The number of nitrogens with zero attached hydrogens (tertiary/aromatic N) is 1. The summed E-state index contributed by atoms with van der Waals surface area (Å²) >= 11 is 0. The van der Waals surface area contributed by atoms with E-state index in [1.54, 1.807) is 0 Å². The van der Waals surface area contributed by atoms with Gasteiger partial charge in [-0.3, -0.25) is 4.90 Å². The van der Waals surface area contributed by atoms with Crippen LogP contribution in [0.25, 0.3) is 0 Å². The Bertz CT molecular complexity index is 226. The molecule has 1 fully saturated rings. The molecule has 1 N–H and O–H groups in total. The summed E-state index contributed by atoms with van der Waals surface area (Å²) < 4.78 is 0. The van der Waals surface area contributed by atoms with Crippen molar-refractivity contribution in [2.45, 2.75) is 97.2 Å². The molecule has 0 bridgehead atoms. The van der Waals surface area contributed by atoms with Gasteiger partial charge in [-0.25, -0.2) is 0 Å². The quantitative estimate of drug-likeness (QED) is 0.696. The third kappa shape index (κ3) is 6.76. The Morgan fingerprint density at radius 1 is 1.16 bits per heavy atom. The van der Waals surface area contributed by atoms with Gasteiger partial charge in [0.2, 0.25) is 0 Å². The first-order chi connectivity index (χ1) is 8.94. The second-order valence-electron chi connectivity index (χ2n) is 7.29. The van der Waals surface area contributed by atoms with E-state index in [9.17, 15) is 0 Å². The maximum atomic E-state index is 3.60. The number of hydrogen-bond donors (Lipinski definition) is 1. The van der Waals surface area contributed by atoms with Gasteiger partial charge in [0.25, 0.3) is 0 Å². The van der Waals surface area contributed by atoms with Crippen molar-refractivity contribution in [3.8, 4) is 0 Å². The lowest BCUT2D eigenvalue weighted by Gasteiger charge is -2.38. The van der Waals surface area contributed by atoms with Gasteiger partial charge in [-0.2, -0.15) is 0 Å². The van der Waals surface area contributed by atoms with Crippen LogP contribution in [0.2, 0.25) is 0 Å². The van der Waals surface area contributed by atoms with Crippen LogP contribution in [0.15, 0.2) is 0 Å². The van der Waals surface area contributed by atoms with Crippen LogP contribution in [-0.2, 0) is 0 Å². The van der Waals surface area contributed by atoms with Gasteiger partial charge < -0.3 is 5.32 Å². The summed E-state index contributed by atoms with van der Waals surface area (Å²) in [5.74, 6) is 0. The van der Waals surface area contributed by atoms with Crippen LogP contribution in [0.3, 0.4) is 0 Å². The van der Waals surface area contributed by atoms with Crippen molar-refractivity contribution in [1.29, 1.82) is 0 Å². The zero-order valence-corrected chi connectivity index (χ0v) is 14.0. The van der Waals surface area contributed by atoms with Crippen molar-refractivity contribution in [3.05, 3.63) is 0 Å². The first-order valence-corrected chi connectivity index (χ1v) is 8.45. The molecular weight excluding hydrogens is 232 g/mol. The van der Waals surface area contributed by atoms with Crippen LogP contribution >= 0.6 is 0 Å². The topological polar surface area (TPSA) is 15.3 Å².